The summed E-state index contributed by atoms with van der Waals surface area (Å²) < 4.78 is 5.40. The minimum atomic E-state index is -1.63. The van der Waals surface area contributed by atoms with Crippen LogP contribution >= 0.6 is 0 Å². The van der Waals surface area contributed by atoms with E-state index in [2.05, 4.69) is 16.0 Å². The molecule has 0 aromatic heterocycles. The highest BCUT2D eigenvalue weighted by atomic mass is 16.6. The number of aliphatic hydroxyl groups excluding tert-OH is 3. The van der Waals surface area contributed by atoms with Crippen LogP contribution in [0.2, 0.25) is 0 Å². The predicted octanol–water partition coefficient (Wildman–Crippen LogP) is 1.76. The maximum Gasteiger partial charge on any atom is 0.407 e. The Kier molecular flexibility index (Phi) is 15.0. The molecule has 0 fully saturated rings. The molecule has 12 heteroatoms. The van der Waals surface area contributed by atoms with E-state index in [0.717, 1.165) is 16.0 Å². The number of amides is 3. The summed E-state index contributed by atoms with van der Waals surface area (Å²) >= 11 is 0. The number of rotatable bonds is 17. The summed E-state index contributed by atoms with van der Waals surface area (Å²) in [4.78, 5) is 39.2. The van der Waals surface area contributed by atoms with Crippen LogP contribution in [0.15, 0.2) is 91.0 Å². The average molecular weight is 678 g/mol. The molecule has 12 nitrogen and oxygen atoms in total. The van der Waals surface area contributed by atoms with Gasteiger partial charge in [-0.05, 0) is 57.2 Å². The lowest BCUT2D eigenvalue weighted by molar-refractivity contribution is -0.270. The molecule has 3 aromatic rings. The molecule has 0 radical (unpaired) electrons. The molecule has 49 heavy (non-hydrogen) atoms. The number of carboxylic acid groups (broad SMARTS) is 1. The molecule has 3 rings (SSSR count). The first kappa shape index (κ1) is 39.0. The zero-order valence-corrected chi connectivity index (χ0v) is 28.5. The molecule has 0 saturated carbocycles. The standard InChI is InChI=1S/C37H50N4O8/c1-25(42)33(41(36(47)48)24-28-18-12-7-13-19-28)34(45)39-29(20-26-14-8-5-9-15-26)31(43)22-38-23-32(44)30(21-27-16-10-6-11-17-27)40-35(46)49-37(2,3)4/h5-19,25,29-33,38,42-44H,20-24H2,1-4H3,(H,39,45)(H,40,46)(H,47,48)/p-1/t25?,29-,30-,31+,32+,33-/m0/s1. The van der Waals surface area contributed by atoms with Gasteiger partial charge in [-0.3, -0.25) is 4.79 Å². The largest absolute Gasteiger partial charge is 0.530 e. The van der Waals surface area contributed by atoms with Crippen molar-refractivity contribution in [1.82, 2.24) is 20.9 Å². The van der Waals surface area contributed by atoms with Gasteiger partial charge in [-0.15, -0.1) is 0 Å². The molecule has 0 aliphatic carbocycles. The van der Waals surface area contributed by atoms with E-state index in [-0.39, 0.29) is 26.1 Å². The second-order valence-corrected chi connectivity index (χ2v) is 13.1. The molecule has 0 heterocycles. The van der Waals surface area contributed by atoms with Gasteiger partial charge in [0.25, 0.3) is 0 Å². The summed E-state index contributed by atoms with van der Waals surface area (Å²) in [6.07, 6.45) is -5.50. The van der Waals surface area contributed by atoms with Gasteiger partial charge in [0.1, 0.15) is 17.7 Å². The first-order chi connectivity index (χ1) is 23.2. The van der Waals surface area contributed by atoms with Gasteiger partial charge in [-0.25, -0.2) is 4.79 Å². The summed E-state index contributed by atoms with van der Waals surface area (Å²) in [6, 6.07) is 23.9. The van der Waals surface area contributed by atoms with E-state index in [1.54, 1.807) is 51.1 Å². The number of carbonyl (C=O) groups is 3. The molecule has 1 unspecified atom stereocenters. The highest BCUT2D eigenvalue weighted by Crippen LogP contribution is 2.15. The minimum Gasteiger partial charge on any atom is -0.530 e. The molecule has 0 saturated heterocycles. The molecule has 0 spiro atoms. The molecular weight excluding hydrogens is 628 g/mol. The Hall–Kier alpha value is -4.49. The number of alkyl carbamates (subject to hydrolysis) is 1. The van der Waals surface area contributed by atoms with Crippen molar-refractivity contribution in [3.63, 3.8) is 0 Å². The van der Waals surface area contributed by atoms with Crippen LogP contribution in [-0.4, -0.2) is 93.4 Å². The molecule has 0 bridgehead atoms. The van der Waals surface area contributed by atoms with Crippen molar-refractivity contribution in [3.05, 3.63) is 108 Å². The Morgan fingerprint density at radius 2 is 1.16 bits per heavy atom. The second-order valence-electron chi connectivity index (χ2n) is 13.1. The molecule has 266 valence electrons. The molecule has 3 aromatic carbocycles. The third kappa shape index (κ3) is 13.5. The Balaban J connectivity index is 1.73. The van der Waals surface area contributed by atoms with Crippen LogP contribution in [0.25, 0.3) is 0 Å². The van der Waals surface area contributed by atoms with Crippen molar-refractivity contribution < 1.29 is 39.5 Å². The average Bonchev–Trinajstić information content (AvgIpc) is 3.04. The topological polar surface area (TPSA) is 184 Å². The van der Waals surface area contributed by atoms with Crippen molar-refractivity contribution in [2.45, 2.75) is 89.1 Å². The zero-order chi connectivity index (χ0) is 36.0. The Morgan fingerprint density at radius 3 is 1.57 bits per heavy atom. The fraction of sp³-hybridized carbons (Fsp3) is 0.432. The first-order valence-corrected chi connectivity index (χ1v) is 16.4. The summed E-state index contributed by atoms with van der Waals surface area (Å²) in [5.74, 6) is -0.806. The van der Waals surface area contributed by atoms with Crippen LogP contribution < -0.4 is 21.1 Å². The van der Waals surface area contributed by atoms with Gasteiger partial charge in [0, 0.05) is 19.6 Å². The summed E-state index contributed by atoms with van der Waals surface area (Å²) in [5, 5.41) is 53.8. The van der Waals surface area contributed by atoms with E-state index >= 15 is 0 Å². The number of nitrogens with zero attached hydrogens (tertiary/aromatic N) is 1. The Bertz CT molecular complexity index is 1440. The van der Waals surface area contributed by atoms with Crippen molar-refractivity contribution in [2.75, 3.05) is 13.1 Å². The maximum atomic E-state index is 13.6. The number of benzene rings is 3. The molecule has 0 aliphatic rings. The number of nitrogens with one attached hydrogen (secondary N) is 3. The van der Waals surface area contributed by atoms with Gasteiger partial charge in [-0.1, -0.05) is 91.0 Å². The fourth-order valence-electron chi connectivity index (χ4n) is 5.37. The SMILES string of the molecule is CC(O)[C@@H](C(=O)N[C@@H](Cc1ccccc1)[C@H](O)CNC[C@@H](O)[C@H](Cc1ccccc1)NC(=O)OC(C)(C)C)N(Cc1ccccc1)C(=O)[O-]. The second kappa shape index (κ2) is 18.9. The fourth-order valence-corrected chi connectivity index (χ4v) is 5.37. The molecule has 6 N–H and O–H groups in total. The highest BCUT2D eigenvalue weighted by molar-refractivity contribution is 5.86. The van der Waals surface area contributed by atoms with E-state index < -0.39 is 60.1 Å². The summed E-state index contributed by atoms with van der Waals surface area (Å²) in [6.45, 7) is 6.24. The number of hydrogen-bond donors (Lipinski definition) is 6. The van der Waals surface area contributed by atoms with E-state index in [9.17, 15) is 34.8 Å². The Morgan fingerprint density at radius 1 is 0.735 bits per heavy atom. The number of carbonyl (C=O) groups excluding carboxylic acids is 3. The molecule has 6 atom stereocenters. The minimum absolute atomic E-state index is 0.0256. The maximum absolute atomic E-state index is 13.6. The normalized spacial score (nSPS) is 15.2. The third-order valence-electron chi connectivity index (χ3n) is 7.75. The predicted molar refractivity (Wildman–Crippen MR) is 183 cm³/mol. The highest BCUT2D eigenvalue weighted by Gasteiger charge is 2.34. The Labute approximate surface area is 288 Å². The molecule has 0 aliphatic heterocycles. The quantitative estimate of drug-likeness (QED) is 0.124. The van der Waals surface area contributed by atoms with Crippen molar-refractivity contribution in [1.29, 1.82) is 0 Å². The molecule has 3 amide bonds. The lowest BCUT2D eigenvalue weighted by Crippen LogP contribution is -2.60. The lowest BCUT2D eigenvalue weighted by Gasteiger charge is -2.36. The summed E-state index contributed by atoms with van der Waals surface area (Å²) in [7, 11) is 0. The van der Waals surface area contributed by atoms with Crippen LogP contribution in [0.4, 0.5) is 9.59 Å². The van der Waals surface area contributed by atoms with Gasteiger partial charge in [0.05, 0.1) is 30.4 Å². The van der Waals surface area contributed by atoms with Gasteiger partial charge in [-0.2, -0.15) is 0 Å². The molecular formula is C37H49N4O8-. The van der Waals surface area contributed by atoms with E-state index in [1.807, 2.05) is 60.7 Å². The zero-order valence-electron chi connectivity index (χ0n) is 28.5. The first-order valence-electron chi connectivity index (χ1n) is 16.4. The van der Waals surface area contributed by atoms with Crippen molar-refractivity contribution in [3.8, 4) is 0 Å². The van der Waals surface area contributed by atoms with E-state index in [4.69, 9.17) is 4.74 Å². The number of aliphatic hydroxyl groups is 3. The van der Waals surface area contributed by atoms with Crippen LogP contribution in [-0.2, 0) is 28.9 Å². The van der Waals surface area contributed by atoms with Gasteiger partial charge >= 0.3 is 6.09 Å². The lowest BCUT2D eigenvalue weighted by atomic mass is 9.99. The van der Waals surface area contributed by atoms with Crippen LogP contribution in [0, 0.1) is 0 Å². The van der Waals surface area contributed by atoms with E-state index in [1.165, 1.54) is 6.92 Å². The summed E-state index contributed by atoms with van der Waals surface area (Å²) in [5.41, 5.74) is 1.55. The van der Waals surface area contributed by atoms with Gasteiger partial charge in [0.2, 0.25) is 5.91 Å². The smallest absolute Gasteiger partial charge is 0.407 e. The third-order valence-corrected chi connectivity index (χ3v) is 7.75. The van der Waals surface area contributed by atoms with Gasteiger partial charge in [0.15, 0.2) is 0 Å². The van der Waals surface area contributed by atoms with Crippen LogP contribution in [0.1, 0.15) is 44.4 Å². The number of ether oxygens (including phenoxy) is 1. The monoisotopic (exact) mass is 677 g/mol. The van der Waals surface area contributed by atoms with Crippen molar-refractivity contribution in [2.24, 2.45) is 0 Å². The van der Waals surface area contributed by atoms with E-state index in [0.29, 0.717) is 12.0 Å². The van der Waals surface area contributed by atoms with Crippen molar-refractivity contribution >= 4 is 18.1 Å². The van der Waals surface area contributed by atoms with Crippen LogP contribution in [0.3, 0.4) is 0 Å². The van der Waals surface area contributed by atoms with Gasteiger partial charge < -0.3 is 50.8 Å². The number of hydrogen-bond acceptors (Lipinski definition) is 9. The van der Waals surface area contributed by atoms with Crippen LogP contribution in [0.5, 0.6) is 0 Å².